The Balaban J connectivity index is 2.08. The molecule has 1 fully saturated rings. The number of anilines is 1. The lowest BCUT2D eigenvalue weighted by molar-refractivity contribution is 0.0427. The van der Waals surface area contributed by atoms with Crippen LogP contribution in [-0.4, -0.2) is 11.1 Å². The van der Waals surface area contributed by atoms with Gasteiger partial charge in [0.25, 0.3) is 0 Å². The Kier molecular flexibility index (Phi) is 4.10. The van der Waals surface area contributed by atoms with E-state index in [9.17, 15) is 0 Å². The summed E-state index contributed by atoms with van der Waals surface area (Å²) in [5, 5.41) is 0. The van der Waals surface area contributed by atoms with E-state index in [1.807, 2.05) is 6.07 Å². The van der Waals surface area contributed by atoms with Gasteiger partial charge in [-0.1, -0.05) is 27.2 Å². The Labute approximate surface area is 110 Å². The van der Waals surface area contributed by atoms with Gasteiger partial charge < -0.3 is 10.5 Å². The van der Waals surface area contributed by atoms with Crippen LogP contribution in [0.3, 0.4) is 0 Å². The molecule has 1 aliphatic carbocycles. The van der Waals surface area contributed by atoms with Crippen LogP contribution in [0.4, 0.5) is 5.69 Å². The van der Waals surface area contributed by atoms with Crippen molar-refractivity contribution in [2.45, 2.75) is 46.1 Å². The van der Waals surface area contributed by atoms with Crippen molar-refractivity contribution in [1.29, 1.82) is 0 Å². The molecule has 1 heterocycles. The van der Waals surface area contributed by atoms with Crippen LogP contribution in [0.5, 0.6) is 5.88 Å². The molecule has 3 unspecified atom stereocenters. The normalized spacial score (nSPS) is 28.3. The van der Waals surface area contributed by atoms with E-state index >= 15 is 0 Å². The topological polar surface area (TPSA) is 48.1 Å². The van der Waals surface area contributed by atoms with Gasteiger partial charge in [-0.3, -0.25) is 0 Å². The van der Waals surface area contributed by atoms with Crippen molar-refractivity contribution in [3.8, 4) is 5.88 Å². The molecule has 0 bridgehead atoms. The summed E-state index contributed by atoms with van der Waals surface area (Å²) in [6, 6.07) is 3.60. The Morgan fingerprint density at radius 1 is 1.39 bits per heavy atom. The third kappa shape index (κ3) is 3.15. The van der Waals surface area contributed by atoms with Crippen molar-refractivity contribution in [3.05, 3.63) is 18.3 Å². The molecule has 1 saturated carbocycles. The first-order valence-electron chi connectivity index (χ1n) is 6.94. The van der Waals surface area contributed by atoms with Crippen LogP contribution in [-0.2, 0) is 0 Å². The minimum absolute atomic E-state index is 0.281. The summed E-state index contributed by atoms with van der Waals surface area (Å²) in [4.78, 5) is 4.25. The van der Waals surface area contributed by atoms with Gasteiger partial charge in [0.1, 0.15) is 6.10 Å². The molecule has 1 aliphatic rings. The number of hydrogen-bond donors (Lipinski definition) is 1. The summed E-state index contributed by atoms with van der Waals surface area (Å²) in [7, 11) is 0. The molecule has 0 saturated heterocycles. The molecule has 18 heavy (non-hydrogen) atoms. The van der Waals surface area contributed by atoms with E-state index in [-0.39, 0.29) is 6.10 Å². The van der Waals surface area contributed by atoms with Gasteiger partial charge in [0.15, 0.2) is 0 Å². The summed E-state index contributed by atoms with van der Waals surface area (Å²) >= 11 is 0. The summed E-state index contributed by atoms with van der Waals surface area (Å²) in [5.74, 6) is 2.69. The first kappa shape index (κ1) is 13.2. The maximum Gasteiger partial charge on any atom is 0.215 e. The summed E-state index contributed by atoms with van der Waals surface area (Å²) in [5.41, 5.74) is 6.48. The molecule has 3 nitrogen and oxygen atoms in total. The quantitative estimate of drug-likeness (QED) is 0.890. The molecule has 1 aromatic rings. The van der Waals surface area contributed by atoms with Gasteiger partial charge in [0, 0.05) is 18.0 Å². The Bertz CT molecular complexity index is 392. The molecule has 3 atom stereocenters. The fourth-order valence-electron chi connectivity index (χ4n) is 2.89. The molecular formula is C15H24N2O. The lowest BCUT2D eigenvalue weighted by atomic mass is 9.75. The lowest BCUT2D eigenvalue weighted by Crippen LogP contribution is -2.36. The second-order valence-electron chi connectivity index (χ2n) is 5.91. The smallest absolute Gasteiger partial charge is 0.215 e. The standard InChI is InChI=1S/C15H24N2O/c1-10(2)13-5-4-11(3)8-14(13)18-15-9-12(16)6-7-17-15/h6-7,9-11,13-14H,4-5,8H2,1-3H3,(H2,16,17). The van der Waals surface area contributed by atoms with E-state index in [2.05, 4.69) is 25.8 Å². The van der Waals surface area contributed by atoms with Crippen LogP contribution in [0.1, 0.15) is 40.0 Å². The van der Waals surface area contributed by atoms with E-state index in [1.54, 1.807) is 12.3 Å². The highest BCUT2D eigenvalue weighted by atomic mass is 16.5. The number of aromatic nitrogens is 1. The molecule has 2 rings (SSSR count). The maximum absolute atomic E-state index is 6.09. The summed E-state index contributed by atoms with van der Waals surface area (Å²) in [6.07, 6.45) is 5.68. The zero-order valence-electron chi connectivity index (χ0n) is 11.6. The third-order valence-electron chi connectivity index (χ3n) is 3.99. The third-order valence-corrected chi connectivity index (χ3v) is 3.99. The van der Waals surface area contributed by atoms with E-state index in [4.69, 9.17) is 10.5 Å². The van der Waals surface area contributed by atoms with Crippen LogP contribution in [0, 0.1) is 17.8 Å². The molecule has 100 valence electrons. The second kappa shape index (κ2) is 5.59. The molecule has 2 N–H and O–H groups in total. The van der Waals surface area contributed by atoms with Crippen molar-refractivity contribution in [2.24, 2.45) is 17.8 Å². The number of nitrogens with two attached hydrogens (primary N) is 1. The van der Waals surface area contributed by atoms with Crippen molar-refractivity contribution in [3.63, 3.8) is 0 Å². The van der Waals surface area contributed by atoms with Crippen LogP contribution < -0.4 is 10.5 Å². The first-order chi connectivity index (χ1) is 8.56. The minimum atomic E-state index is 0.281. The van der Waals surface area contributed by atoms with Gasteiger partial charge >= 0.3 is 0 Å². The van der Waals surface area contributed by atoms with Gasteiger partial charge in [-0.05, 0) is 36.7 Å². The molecule has 1 aromatic heterocycles. The van der Waals surface area contributed by atoms with Crippen molar-refractivity contribution < 1.29 is 4.74 Å². The van der Waals surface area contributed by atoms with Crippen molar-refractivity contribution in [1.82, 2.24) is 4.98 Å². The van der Waals surface area contributed by atoms with E-state index in [0.717, 1.165) is 12.3 Å². The highest BCUT2D eigenvalue weighted by Crippen LogP contribution is 2.35. The highest BCUT2D eigenvalue weighted by Gasteiger charge is 2.32. The zero-order valence-corrected chi connectivity index (χ0v) is 11.6. The van der Waals surface area contributed by atoms with Crippen LogP contribution in [0.25, 0.3) is 0 Å². The summed E-state index contributed by atoms with van der Waals surface area (Å²) < 4.78 is 6.09. The van der Waals surface area contributed by atoms with E-state index in [1.165, 1.54) is 12.8 Å². The number of nitrogen functional groups attached to an aromatic ring is 1. The summed E-state index contributed by atoms with van der Waals surface area (Å²) in [6.45, 7) is 6.87. The Morgan fingerprint density at radius 3 is 2.83 bits per heavy atom. The highest BCUT2D eigenvalue weighted by molar-refractivity contribution is 5.39. The largest absolute Gasteiger partial charge is 0.474 e. The average molecular weight is 248 g/mol. The fourth-order valence-corrected chi connectivity index (χ4v) is 2.89. The Hall–Kier alpha value is -1.25. The molecule has 0 spiro atoms. The van der Waals surface area contributed by atoms with Gasteiger partial charge in [-0.25, -0.2) is 4.98 Å². The van der Waals surface area contributed by atoms with Gasteiger partial charge in [-0.15, -0.1) is 0 Å². The SMILES string of the molecule is CC1CCC(C(C)C)C(Oc2cc(N)ccn2)C1. The number of pyridine rings is 1. The van der Waals surface area contributed by atoms with Crippen LogP contribution >= 0.6 is 0 Å². The molecule has 0 aliphatic heterocycles. The maximum atomic E-state index is 6.09. The molecular weight excluding hydrogens is 224 g/mol. The van der Waals surface area contributed by atoms with Crippen LogP contribution in [0.2, 0.25) is 0 Å². The average Bonchev–Trinajstić information content (AvgIpc) is 2.28. The number of rotatable bonds is 3. The van der Waals surface area contributed by atoms with Crippen molar-refractivity contribution >= 4 is 5.69 Å². The number of hydrogen-bond acceptors (Lipinski definition) is 3. The first-order valence-corrected chi connectivity index (χ1v) is 6.94. The fraction of sp³-hybridized carbons (Fsp3) is 0.667. The van der Waals surface area contributed by atoms with E-state index < -0.39 is 0 Å². The van der Waals surface area contributed by atoms with Crippen LogP contribution in [0.15, 0.2) is 18.3 Å². The van der Waals surface area contributed by atoms with E-state index in [0.29, 0.717) is 23.4 Å². The van der Waals surface area contributed by atoms with Crippen molar-refractivity contribution in [2.75, 3.05) is 5.73 Å². The zero-order chi connectivity index (χ0) is 13.1. The predicted octanol–water partition coefficient (Wildman–Crippen LogP) is 3.50. The Morgan fingerprint density at radius 2 is 2.17 bits per heavy atom. The molecule has 3 heteroatoms. The molecule has 0 aromatic carbocycles. The number of nitrogens with zero attached hydrogens (tertiary/aromatic N) is 1. The van der Waals surface area contributed by atoms with Gasteiger partial charge in [0.05, 0.1) is 0 Å². The molecule has 0 radical (unpaired) electrons. The lowest BCUT2D eigenvalue weighted by Gasteiger charge is -2.37. The monoisotopic (exact) mass is 248 g/mol. The molecule has 0 amide bonds. The second-order valence-corrected chi connectivity index (χ2v) is 5.91. The van der Waals surface area contributed by atoms with Gasteiger partial charge in [0.2, 0.25) is 5.88 Å². The number of ether oxygens (including phenoxy) is 1. The van der Waals surface area contributed by atoms with Gasteiger partial charge in [-0.2, -0.15) is 0 Å². The minimum Gasteiger partial charge on any atom is -0.474 e. The predicted molar refractivity (Wildman–Crippen MR) is 74.4 cm³/mol.